The van der Waals surface area contributed by atoms with Gasteiger partial charge in [0, 0.05) is 0 Å². The van der Waals surface area contributed by atoms with Gasteiger partial charge in [0.25, 0.3) is 0 Å². The Bertz CT molecular complexity index is 704. The van der Waals surface area contributed by atoms with Crippen molar-refractivity contribution >= 4 is 5.91 Å². The van der Waals surface area contributed by atoms with Crippen LogP contribution >= 0.6 is 0 Å². The molecule has 0 unspecified atom stereocenters. The molecule has 0 heterocycles. The van der Waals surface area contributed by atoms with Crippen LogP contribution in [-0.2, 0) is 11.2 Å². The van der Waals surface area contributed by atoms with Crippen molar-refractivity contribution in [1.29, 1.82) is 0 Å². The molecule has 2 atom stereocenters. The van der Waals surface area contributed by atoms with Gasteiger partial charge in [-0.15, -0.1) is 0 Å². The number of ether oxygens (including phenoxy) is 1. The van der Waals surface area contributed by atoms with Crippen LogP contribution < -0.4 is 10.1 Å². The van der Waals surface area contributed by atoms with Gasteiger partial charge < -0.3 is 15.2 Å². The van der Waals surface area contributed by atoms with E-state index in [9.17, 15) is 18.7 Å². The van der Waals surface area contributed by atoms with Crippen LogP contribution in [0, 0.1) is 11.6 Å². The molecule has 0 saturated carbocycles. The van der Waals surface area contributed by atoms with Crippen molar-refractivity contribution in [2.24, 2.45) is 0 Å². The Kier molecular flexibility index (Phi) is 5.87. The number of rotatable bonds is 6. The average Bonchev–Trinajstić information content (AvgIpc) is 2.55. The second-order valence-electron chi connectivity index (χ2n) is 5.50. The topological polar surface area (TPSA) is 58.6 Å². The number of halogens is 2. The quantitative estimate of drug-likeness (QED) is 0.853. The van der Waals surface area contributed by atoms with Gasteiger partial charge in [-0.2, -0.15) is 0 Å². The molecule has 2 rings (SSSR count). The monoisotopic (exact) mass is 335 g/mol. The summed E-state index contributed by atoms with van der Waals surface area (Å²) < 4.78 is 31.3. The van der Waals surface area contributed by atoms with Crippen molar-refractivity contribution in [3.63, 3.8) is 0 Å². The number of hydrogen-bond acceptors (Lipinski definition) is 3. The van der Waals surface area contributed by atoms with Crippen LogP contribution in [0.25, 0.3) is 0 Å². The first-order valence-electron chi connectivity index (χ1n) is 7.46. The second-order valence-corrected chi connectivity index (χ2v) is 5.50. The molecule has 0 bridgehead atoms. The van der Waals surface area contributed by atoms with E-state index in [1.807, 2.05) is 0 Å². The first kappa shape index (κ1) is 17.9. The Balaban J connectivity index is 1.96. The molecule has 2 aromatic carbocycles. The molecule has 0 aliphatic rings. The fraction of sp³-hybridized carbons (Fsp3) is 0.278. The lowest BCUT2D eigenvalue weighted by molar-refractivity contribution is -0.121. The number of aliphatic hydroxyl groups is 1. The Hall–Kier alpha value is -2.47. The summed E-state index contributed by atoms with van der Waals surface area (Å²) in [5.41, 5.74) is 0.994. The second kappa shape index (κ2) is 7.88. The zero-order valence-electron chi connectivity index (χ0n) is 13.4. The molecule has 0 spiro atoms. The fourth-order valence-corrected chi connectivity index (χ4v) is 2.34. The number of amides is 1. The van der Waals surface area contributed by atoms with E-state index in [4.69, 9.17) is 4.74 Å². The van der Waals surface area contributed by atoms with Crippen LogP contribution in [-0.4, -0.2) is 24.2 Å². The molecular weight excluding hydrogens is 316 g/mol. The minimum atomic E-state index is -0.970. The van der Waals surface area contributed by atoms with Crippen LogP contribution in [0.3, 0.4) is 0 Å². The molecule has 0 aliphatic heterocycles. The smallest absolute Gasteiger partial charge is 0.224 e. The van der Waals surface area contributed by atoms with Crippen molar-refractivity contribution in [3.05, 3.63) is 65.2 Å². The summed E-state index contributed by atoms with van der Waals surface area (Å²) in [6, 6.07) is 9.12. The lowest BCUT2D eigenvalue weighted by atomic mass is 10.0. The number of carbonyl (C=O) groups is 1. The molecule has 1 amide bonds. The van der Waals surface area contributed by atoms with Crippen LogP contribution in [0.1, 0.15) is 24.2 Å². The number of benzene rings is 2. The standard InChI is InChI=1S/C18H19F2NO3/c1-11(18(23)13-4-6-14(19)7-5-13)21-17(22)10-12-3-8-16(24-2)15(20)9-12/h3-9,11,18,23H,10H2,1-2H3,(H,21,22)/t11-,18+/m1/s1. The SMILES string of the molecule is COc1ccc(CC(=O)N[C@H](C)[C@H](O)c2ccc(F)cc2)cc1F. The van der Waals surface area contributed by atoms with Crippen molar-refractivity contribution < 1.29 is 23.4 Å². The summed E-state index contributed by atoms with van der Waals surface area (Å²) >= 11 is 0. The molecular formula is C18H19F2NO3. The molecule has 2 N–H and O–H groups in total. The van der Waals surface area contributed by atoms with E-state index in [1.54, 1.807) is 13.0 Å². The molecule has 4 nitrogen and oxygen atoms in total. The lowest BCUT2D eigenvalue weighted by Gasteiger charge is -2.20. The van der Waals surface area contributed by atoms with Gasteiger partial charge in [-0.3, -0.25) is 4.79 Å². The largest absolute Gasteiger partial charge is 0.494 e. The third-order valence-electron chi connectivity index (χ3n) is 3.65. The summed E-state index contributed by atoms with van der Waals surface area (Å²) in [7, 11) is 1.36. The number of carbonyl (C=O) groups excluding carboxylic acids is 1. The molecule has 0 saturated heterocycles. The van der Waals surface area contributed by atoms with E-state index in [0.29, 0.717) is 11.1 Å². The molecule has 0 aliphatic carbocycles. The van der Waals surface area contributed by atoms with Crippen LogP contribution in [0.4, 0.5) is 8.78 Å². The van der Waals surface area contributed by atoms with Gasteiger partial charge in [0.1, 0.15) is 5.82 Å². The molecule has 0 aromatic heterocycles. The van der Waals surface area contributed by atoms with E-state index in [0.717, 1.165) is 0 Å². The van der Waals surface area contributed by atoms with E-state index in [-0.39, 0.29) is 18.1 Å². The zero-order chi connectivity index (χ0) is 17.7. The Morgan fingerprint density at radius 3 is 2.46 bits per heavy atom. The minimum absolute atomic E-state index is 0.0264. The van der Waals surface area contributed by atoms with Crippen molar-refractivity contribution in [1.82, 2.24) is 5.32 Å². The van der Waals surface area contributed by atoms with Gasteiger partial charge in [-0.05, 0) is 42.3 Å². The number of hydrogen-bond donors (Lipinski definition) is 2. The minimum Gasteiger partial charge on any atom is -0.494 e. The predicted molar refractivity (Wildman–Crippen MR) is 85.6 cm³/mol. The predicted octanol–water partition coefficient (Wildman–Crippen LogP) is 2.75. The van der Waals surface area contributed by atoms with Crippen LogP contribution in [0.2, 0.25) is 0 Å². The summed E-state index contributed by atoms with van der Waals surface area (Å²) in [6.07, 6.45) is -0.997. The average molecular weight is 335 g/mol. The van der Waals surface area contributed by atoms with E-state index >= 15 is 0 Å². The normalized spacial score (nSPS) is 13.2. The van der Waals surface area contributed by atoms with Crippen LogP contribution in [0.5, 0.6) is 5.75 Å². The van der Waals surface area contributed by atoms with E-state index in [2.05, 4.69) is 5.32 Å². The molecule has 128 valence electrons. The van der Waals surface area contributed by atoms with Crippen molar-refractivity contribution in [3.8, 4) is 5.75 Å². The Morgan fingerprint density at radius 2 is 1.88 bits per heavy atom. The molecule has 0 fully saturated rings. The van der Waals surface area contributed by atoms with Crippen molar-refractivity contribution in [2.75, 3.05) is 7.11 Å². The highest BCUT2D eigenvalue weighted by Crippen LogP contribution is 2.19. The summed E-state index contributed by atoms with van der Waals surface area (Å²) in [5, 5.41) is 12.8. The first-order valence-corrected chi connectivity index (χ1v) is 7.46. The summed E-state index contributed by atoms with van der Waals surface area (Å²) in [6.45, 7) is 1.64. The highest BCUT2D eigenvalue weighted by Gasteiger charge is 2.19. The van der Waals surface area contributed by atoms with Gasteiger partial charge in [-0.1, -0.05) is 18.2 Å². The maximum atomic E-state index is 13.6. The third-order valence-corrected chi connectivity index (χ3v) is 3.65. The maximum absolute atomic E-state index is 13.6. The highest BCUT2D eigenvalue weighted by molar-refractivity contribution is 5.79. The van der Waals surface area contributed by atoms with Gasteiger partial charge >= 0.3 is 0 Å². The number of aliphatic hydroxyl groups excluding tert-OH is 1. The summed E-state index contributed by atoms with van der Waals surface area (Å²) in [4.78, 5) is 12.0. The van der Waals surface area contributed by atoms with E-state index < -0.39 is 23.8 Å². The molecule has 0 radical (unpaired) electrons. The first-order chi connectivity index (χ1) is 11.4. The highest BCUT2D eigenvalue weighted by atomic mass is 19.1. The van der Waals surface area contributed by atoms with Crippen LogP contribution in [0.15, 0.2) is 42.5 Å². The Labute approximate surface area is 139 Å². The van der Waals surface area contributed by atoms with Crippen molar-refractivity contribution in [2.45, 2.75) is 25.5 Å². The zero-order valence-corrected chi connectivity index (χ0v) is 13.4. The lowest BCUT2D eigenvalue weighted by Crippen LogP contribution is -2.37. The van der Waals surface area contributed by atoms with Gasteiger partial charge in [0.05, 0.1) is 25.7 Å². The van der Waals surface area contributed by atoms with Gasteiger partial charge in [0.15, 0.2) is 11.6 Å². The molecule has 2 aromatic rings. The Morgan fingerprint density at radius 1 is 1.21 bits per heavy atom. The number of nitrogens with one attached hydrogen (secondary N) is 1. The molecule has 6 heteroatoms. The van der Waals surface area contributed by atoms with Gasteiger partial charge in [0.2, 0.25) is 5.91 Å². The van der Waals surface area contributed by atoms with Gasteiger partial charge in [-0.25, -0.2) is 8.78 Å². The summed E-state index contributed by atoms with van der Waals surface area (Å²) in [5.74, 6) is -1.18. The third kappa shape index (κ3) is 4.52. The van der Waals surface area contributed by atoms with E-state index in [1.165, 1.54) is 43.5 Å². The fourth-order valence-electron chi connectivity index (χ4n) is 2.34. The molecule has 24 heavy (non-hydrogen) atoms. The maximum Gasteiger partial charge on any atom is 0.224 e. The number of methoxy groups -OCH3 is 1.